The van der Waals surface area contributed by atoms with Crippen LogP contribution < -0.4 is 10.1 Å². The molecule has 0 unspecified atom stereocenters. The number of hydrogen-bond acceptors (Lipinski definition) is 4. The van der Waals surface area contributed by atoms with Gasteiger partial charge in [-0.15, -0.1) is 0 Å². The first-order valence-corrected chi connectivity index (χ1v) is 6.96. The third-order valence-corrected chi connectivity index (χ3v) is 3.33. The molecule has 1 N–H and O–H groups in total. The number of aromatic nitrogens is 2. The van der Waals surface area contributed by atoms with Gasteiger partial charge in [-0.25, -0.2) is 9.97 Å². The maximum Gasteiger partial charge on any atom is 0.138 e. The SMILES string of the molecule is CCCc1nc(Cl)c(C)c(Nc2ccc(OC)cc2)n1. The van der Waals surface area contributed by atoms with Gasteiger partial charge in [0.05, 0.1) is 7.11 Å². The first-order chi connectivity index (χ1) is 9.63. The summed E-state index contributed by atoms with van der Waals surface area (Å²) in [6.07, 6.45) is 1.80. The molecular formula is C15H18ClN3O. The van der Waals surface area contributed by atoms with Gasteiger partial charge >= 0.3 is 0 Å². The molecule has 0 bridgehead atoms. The lowest BCUT2D eigenvalue weighted by Crippen LogP contribution is -2.03. The molecule has 20 heavy (non-hydrogen) atoms. The molecule has 1 aromatic heterocycles. The fraction of sp³-hybridized carbons (Fsp3) is 0.333. The highest BCUT2D eigenvalue weighted by atomic mass is 35.5. The quantitative estimate of drug-likeness (QED) is 0.841. The molecule has 0 aliphatic heterocycles. The fourth-order valence-corrected chi connectivity index (χ4v) is 1.99. The maximum absolute atomic E-state index is 6.16. The Morgan fingerprint density at radius 1 is 1.20 bits per heavy atom. The highest BCUT2D eigenvalue weighted by Gasteiger charge is 2.09. The number of aryl methyl sites for hydroxylation is 1. The number of ether oxygens (including phenoxy) is 1. The summed E-state index contributed by atoms with van der Waals surface area (Å²) in [5, 5.41) is 3.77. The largest absolute Gasteiger partial charge is 0.497 e. The van der Waals surface area contributed by atoms with E-state index in [9.17, 15) is 0 Å². The monoisotopic (exact) mass is 291 g/mol. The van der Waals surface area contributed by atoms with Crippen molar-refractivity contribution in [2.45, 2.75) is 26.7 Å². The normalized spacial score (nSPS) is 10.4. The van der Waals surface area contributed by atoms with Gasteiger partial charge in [-0.2, -0.15) is 0 Å². The lowest BCUT2D eigenvalue weighted by molar-refractivity contribution is 0.415. The van der Waals surface area contributed by atoms with E-state index in [4.69, 9.17) is 16.3 Å². The average molecular weight is 292 g/mol. The summed E-state index contributed by atoms with van der Waals surface area (Å²) in [6, 6.07) is 7.67. The molecule has 0 saturated heterocycles. The molecular weight excluding hydrogens is 274 g/mol. The second kappa shape index (κ2) is 6.57. The Bertz CT molecular complexity index is 584. The Hall–Kier alpha value is -1.81. The smallest absolute Gasteiger partial charge is 0.138 e. The maximum atomic E-state index is 6.16. The van der Waals surface area contributed by atoms with Crippen molar-refractivity contribution in [3.63, 3.8) is 0 Å². The van der Waals surface area contributed by atoms with Crippen molar-refractivity contribution in [3.8, 4) is 5.75 Å². The predicted molar refractivity (Wildman–Crippen MR) is 82.1 cm³/mol. The summed E-state index contributed by atoms with van der Waals surface area (Å²) >= 11 is 6.16. The van der Waals surface area contributed by atoms with Gasteiger partial charge in [0.15, 0.2) is 0 Å². The molecule has 1 heterocycles. The van der Waals surface area contributed by atoms with Gasteiger partial charge in [0, 0.05) is 17.7 Å². The third-order valence-electron chi connectivity index (χ3n) is 2.96. The molecule has 106 valence electrons. The Morgan fingerprint density at radius 3 is 2.50 bits per heavy atom. The Morgan fingerprint density at radius 2 is 1.90 bits per heavy atom. The summed E-state index contributed by atoms with van der Waals surface area (Å²) in [4.78, 5) is 8.81. The number of hydrogen-bond donors (Lipinski definition) is 1. The van der Waals surface area contributed by atoms with E-state index in [2.05, 4.69) is 22.2 Å². The fourth-order valence-electron chi connectivity index (χ4n) is 1.80. The van der Waals surface area contributed by atoms with Crippen molar-refractivity contribution >= 4 is 23.1 Å². The summed E-state index contributed by atoms with van der Waals surface area (Å²) < 4.78 is 5.14. The van der Waals surface area contributed by atoms with Crippen LogP contribution in [0.15, 0.2) is 24.3 Å². The molecule has 4 nitrogen and oxygen atoms in total. The van der Waals surface area contributed by atoms with Gasteiger partial charge in [-0.05, 0) is 37.6 Å². The summed E-state index contributed by atoms with van der Waals surface area (Å²) in [7, 11) is 1.65. The highest BCUT2D eigenvalue weighted by Crippen LogP contribution is 2.25. The van der Waals surface area contributed by atoms with Crippen LogP contribution in [0.5, 0.6) is 5.75 Å². The lowest BCUT2D eigenvalue weighted by atomic mass is 10.2. The van der Waals surface area contributed by atoms with Crippen LogP contribution in [0.1, 0.15) is 24.7 Å². The van der Waals surface area contributed by atoms with Crippen molar-refractivity contribution in [2.24, 2.45) is 0 Å². The molecule has 2 rings (SSSR count). The van der Waals surface area contributed by atoms with Crippen LogP contribution in [-0.4, -0.2) is 17.1 Å². The number of methoxy groups -OCH3 is 1. The molecule has 0 amide bonds. The van der Waals surface area contributed by atoms with Gasteiger partial charge in [-0.1, -0.05) is 18.5 Å². The molecule has 0 radical (unpaired) electrons. The topological polar surface area (TPSA) is 47.0 Å². The van der Waals surface area contributed by atoms with Crippen molar-refractivity contribution in [3.05, 3.63) is 40.8 Å². The third kappa shape index (κ3) is 3.39. The van der Waals surface area contributed by atoms with Crippen LogP contribution in [0, 0.1) is 6.92 Å². The van der Waals surface area contributed by atoms with Gasteiger partial charge in [0.2, 0.25) is 0 Å². The first kappa shape index (κ1) is 14.6. The molecule has 5 heteroatoms. The van der Waals surface area contributed by atoms with E-state index in [0.29, 0.717) is 5.15 Å². The molecule has 0 aliphatic rings. The predicted octanol–water partition coefficient (Wildman–Crippen LogP) is 4.14. The van der Waals surface area contributed by atoms with Crippen LogP contribution in [0.3, 0.4) is 0 Å². The molecule has 0 saturated carbocycles. The van der Waals surface area contributed by atoms with E-state index in [1.807, 2.05) is 31.2 Å². The number of nitrogens with zero attached hydrogens (tertiary/aromatic N) is 2. The van der Waals surface area contributed by atoms with E-state index >= 15 is 0 Å². The van der Waals surface area contributed by atoms with Gasteiger partial charge in [0.1, 0.15) is 22.5 Å². The van der Waals surface area contributed by atoms with Crippen LogP contribution >= 0.6 is 11.6 Å². The summed E-state index contributed by atoms with van der Waals surface area (Å²) in [5.41, 5.74) is 1.79. The average Bonchev–Trinajstić information content (AvgIpc) is 2.45. The number of rotatable bonds is 5. The molecule has 0 fully saturated rings. The molecule has 1 aromatic carbocycles. The lowest BCUT2D eigenvalue weighted by Gasteiger charge is -2.11. The Balaban J connectivity index is 2.26. The van der Waals surface area contributed by atoms with E-state index in [-0.39, 0.29) is 0 Å². The number of anilines is 2. The summed E-state index contributed by atoms with van der Waals surface area (Å²) in [6.45, 7) is 4.00. The van der Waals surface area contributed by atoms with Crippen molar-refractivity contribution in [1.29, 1.82) is 0 Å². The number of benzene rings is 1. The van der Waals surface area contributed by atoms with Crippen molar-refractivity contribution in [1.82, 2.24) is 9.97 Å². The van der Waals surface area contributed by atoms with E-state index in [1.54, 1.807) is 7.11 Å². The minimum atomic E-state index is 0.500. The van der Waals surface area contributed by atoms with Gasteiger partial charge < -0.3 is 10.1 Å². The zero-order chi connectivity index (χ0) is 14.5. The minimum absolute atomic E-state index is 0.500. The van der Waals surface area contributed by atoms with E-state index < -0.39 is 0 Å². The zero-order valence-electron chi connectivity index (χ0n) is 11.9. The first-order valence-electron chi connectivity index (χ1n) is 6.58. The summed E-state index contributed by atoms with van der Waals surface area (Å²) in [5.74, 6) is 2.33. The Labute approximate surface area is 124 Å². The second-order valence-corrected chi connectivity index (χ2v) is 4.87. The molecule has 0 aliphatic carbocycles. The van der Waals surface area contributed by atoms with Crippen LogP contribution in [-0.2, 0) is 6.42 Å². The van der Waals surface area contributed by atoms with Gasteiger partial charge in [0.25, 0.3) is 0 Å². The van der Waals surface area contributed by atoms with E-state index in [1.165, 1.54) is 0 Å². The number of nitrogens with one attached hydrogen (secondary N) is 1. The standard InChI is InChI=1S/C15H18ClN3O/c1-4-5-13-18-14(16)10(2)15(19-13)17-11-6-8-12(20-3)9-7-11/h6-9H,4-5H2,1-3H3,(H,17,18,19). The van der Waals surface area contributed by atoms with Gasteiger partial charge in [-0.3, -0.25) is 0 Å². The molecule has 0 spiro atoms. The number of halogens is 1. The van der Waals surface area contributed by atoms with E-state index in [0.717, 1.165) is 41.5 Å². The highest BCUT2D eigenvalue weighted by molar-refractivity contribution is 6.30. The molecule has 2 aromatic rings. The van der Waals surface area contributed by atoms with Crippen molar-refractivity contribution < 1.29 is 4.74 Å². The zero-order valence-corrected chi connectivity index (χ0v) is 12.7. The second-order valence-electron chi connectivity index (χ2n) is 4.51. The van der Waals surface area contributed by atoms with Crippen LogP contribution in [0.25, 0.3) is 0 Å². The van der Waals surface area contributed by atoms with Crippen molar-refractivity contribution in [2.75, 3.05) is 12.4 Å². The van der Waals surface area contributed by atoms with Crippen LogP contribution in [0.4, 0.5) is 11.5 Å². The minimum Gasteiger partial charge on any atom is -0.497 e. The Kier molecular flexibility index (Phi) is 4.79. The molecule has 0 atom stereocenters. The van der Waals surface area contributed by atoms with Crippen LogP contribution in [0.2, 0.25) is 5.15 Å².